The molecule has 0 saturated heterocycles. The van der Waals surface area contributed by atoms with Crippen molar-refractivity contribution in [3.05, 3.63) is 0 Å². The second-order valence-electron chi connectivity index (χ2n) is 3.95. The predicted molar refractivity (Wildman–Crippen MR) is 59.6 cm³/mol. The van der Waals surface area contributed by atoms with E-state index in [1.807, 2.05) is 6.92 Å². The molecule has 1 unspecified atom stereocenters. The number of hydrogen-bond donors (Lipinski definition) is 0. The predicted octanol–water partition coefficient (Wildman–Crippen LogP) is 2.87. The van der Waals surface area contributed by atoms with Crippen molar-refractivity contribution in [3.8, 4) is 0 Å². The van der Waals surface area contributed by atoms with E-state index in [1.165, 1.54) is 6.92 Å². The molecule has 0 heterocycles. The van der Waals surface area contributed by atoms with Crippen LogP contribution in [-0.2, 0) is 14.3 Å². The fourth-order valence-corrected chi connectivity index (χ4v) is 1.40. The monoisotopic (exact) mass is 214 g/mol. The van der Waals surface area contributed by atoms with Gasteiger partial charge in [-0.25, -0.2) is 0 Å². The second kappa shape index (κ2) is 8.45. The van der Waals surface area contributed by atoms with Gasteiger partial charge in [-0.1, -0.05) is 19.8 Å². The van der Waals surface area contributed by atoms with Crippen LogP contribution in [0, 0.1) is 0 Å². The van der Waals surface area contributed by atoms with Gasteiger partial charge in [0.05, 0.1) is 6.10 Å². The highest BCUT2D eigenvalue weighted by molar-refractivity contribution is 5.78. The number of carbonyl (C=O) groups excluding carboxylic acids is 2. The SMILES string of the molecule is CCCCCC(=O)CCC(C)OC(C)=O. The summed E-state index contributed by atoms with van der Waals surface area (Å²) >= 11 is 0. The van der Waals surface area contributed by atoms with Gasteiger partial charge in [0.25, 0.3) is 0 Å². The molecule has 0 aliphatic rings. The van der Waals surface area contributed by atoms with Crippen molar-refractivity contribution in [2.45, 2.75) is 65.4 Å². The van der Waals surface area contributed by atoms with Crippen LogP contribution in [0.1, 0.15) is 59.3 Å². The van der Waals surface area contributed by atoms with E-state index in [-0.39, 0.29) is 17.9 Å². The number of hydrogen-bond acceptors (Lipinski definition) is 3. The van der Waals surface area contributed by atoms with E-state index in [4.69, 9.17) is 4.74 Å². The number of ether oxygens (including phenoxy) is 1. The number of Topliss-reactive ketones (excluding diaryl/α,β-unsaturated/α-hetero) is 1. The maximum absolute atomic E-state index is 11.4. The van der Waals surface area contributed by atoms with Gasteiger partial charge in [-0.15, -0.1) is 0 Å². The lowest BCUT2D eigenvalue weighted by Gasteiger charge is -2.10. The van der Waals surface area contributed by atoms with E-state index in [0.717, 1.165) is 19.3 Å². The zero-order chi connectivity index (χ0) is 11.7. The fourth-order valence-electron chi connectivity index (χ4n) is 1.40. The van der Waals surface area contributed by atoms with Gasteiger partial charge in [0.1, 0.15) is 5.78 Å². The summed E-state index contributed by atoms with van der Waals surface area (Å²) in [4.78, 5) is 22.0. The van der Waals surface area contributed by atoms with E-state index in [1.54, 1.807) is 0 Å². The summed E-state index contributed by atoms with van der Waals surface area (Å²) in [6, 6.07) is 0. The van der Waals surface area contributed by atoms with Crippen molar-refractivity contribution < 1.29 is 14.3 Å². The third kappa shape index (κ3) is 9.44. The van der Waals surface area contributed by atoms with Crippen molar-refractivity contribution in [1.82, 2.24) is 0 Å². The van der Waals surface area contributed by atoms with Crippen LogP contribution in [-0.4, -0.2) is 17.9 Å². The van der Waals surface area contributed by atoms with Crippen molar-refractivity contribution in [3.63, 3.8) is 0 Å². The molecule has 0 bridgehead atoms. The third-order valence-electron chi connectivity index (χ3n) is 2.26. The molecule has 0 aromatic heterocycles. The summed E-state index contributed by atoms with van der Waals surface area (Å²) < 4.78 is 4.94. The topological polar surface area (TPSA) is 43.4 Å². The van der Waals surface area contributed by atoms with Crippen LogP contribution in [0.25, 0.3) is 0 Å². The first-order valence-corrected chi connectivity index (χ1v) is 5.75. The zero-order valence-electron chi connectivity index (χ0n) is 10.0. The molecule has 0 amide bonds. The van der Waals surface area contributed by atoms with Gasteiger partial charge in [-0.05, 0) is 19.8 Å². The largest absolute Gasteiger partial charge is 0.463 e. The zero-order valence-corrected chi connectivity index (χ0v) is 10.0. The fraction of sp³-hybridized carbons (Fsp3) is 0.833. The summed E-state index contributed by atoms with van der Waals surface area (Å²) in [5, 5.41) is 0. The average molecular weight is 214 g/mol. The Labute approximate surface area is 92.2 Å². The highest BCUT2D eigenvalue weighted by Gasteiger charge is 2.08. The van der Waals surface area contributed by atoms with E-state index in [9.17, 15) is 9.59 Å². The summed E-state index contributed by atoms with van der Waals surface area (Å²) in [5.74, 6) is 0.00313. The van der Waals surface area contributed by atoms with Crippen molar-refractivity contribution >= 4 is 11.8 Å². The summed E-state index contributed by atoms with van der Waals surface area (Å²) in [6.45, 7) is 5.33. The van der Waals surface area contributed by atoms with Gasteiger partial charge < -0.3 is 4.74 Å². The minimum Gasteiger partial charge on any atom is -0.463 e. The number of esters is 1. The Balaban J connectivity index is 3.48. The molecule has 1 atom stereocenters. The Hall–Kier alpha value is -0.860. The standard InChI is InChI=1S/C12H22O3/c1-4-5-6-7-12(14)9-8-10(2)15-11(3)13/h10H,4-9H2,1-3H3. The molecule has 88 valence electrons. The summed E-state index contributed by atoms with van der Waals surface area (Å²) in [5.41, 5.74) is 0. The molecule has 15 heavy (non-hydrogen) atoms. The molecule has 3 heteroatoms. The highest BCUT2D eigenvalue weighted by Crippen LogP contribution is 2.07. The highest BCUT2D eigenvalue weighted by atomic mass is 16.5. The van der Waals surface area contributed by atoms with Crippen molar-refractivity contribution in [1.29, 1.82) is 0 Å². The molecule has 0 aromatic carbocycles. The molecule has 0 aliphatic heterocycles. The van der Waals surface area contributed by atoms with Crippen LogP contribution in [0.3, 0.4) is 0 Å². The molecular formula is C12H22O3. The molecular weight excluding hydrogens is 192 g/mol. The number of unbranched alkanes of at least 4 members (excludes halogenated alkanes) is 2. The molecule has 0 N–H and O–H groups in total. The minimum atomic E-state index is -0.277. The normalized spacial score (nSPS) is 12.2. The van der Waals surface area contributed by atoms with Gasteiger partial charge in [0, 0.05) is 19.8 Å². The summed E-state index contributed by atoms with van der Waals surface area (Å²) in [6.07, 6.45) is 4.93. The average Bonchev–Trinajstić information content (AvgIpc) is 2.14. The summed E-state index contributed by atoms with van der Waals surface area (Å²) in [7, 11) is 0. The minimum absolute atomic E-state index is 0.141. The molecule has 0 fully saturated rings. The van der Waals surface area contributed by atoms with Crippen molar-refractivity contribution in [2.75, 3.05) is 0 Å². The van der Waals surface area contributed by atoms with Crippen LogP contribution in [0.2, 0.25) is 0 Å². The van der Waals surface area contributed by atoms with E-state index in [0.29, 0.717) is 19.3 Å². The Morgan fingerprint density at radius 3 is 2.40 bits per heavy atom. The Kier molecular flexibility index (Phi) is 7.96. The van der Waals surface area contributed by atoms with E-state index >= 15 is 0 Å². The Bertz CT molecular complexity index is 199. The van der Waals surface area contributed by atoms with Crippen LogP contribution < -0.4 is 0 Å². The molecule has 0 radical (unpaired) electrons. The number of carbonyl (C=O) groups is 2. The van der Waals surface area contributed by atoms with Gasteiger partial charge in [0.15, 0.2) is 0 Å². The second-order valence-corrected chi connectivity index (χ2v) is 3.95. The molecule has 0 rings (SSSR count). The molecule has 3 nitrogen and oxygen atoms in total. The lowest BCUT2D eigenvalue weighted by molar-refractivity contribution is -0.146. The first kappa shape index (κ1) is 14.1. The van der Waals surface area contributed by atoms with Gasteiger partial charge in [-0.3, -0.25) is 9.59 Å². The maximum Gasteiger partial charge on any atom is 0.302 e. The molecule has 0 saturated carbocycles. The Morgan fingerprint density at radius 1 is 1.20 bits per heavy atom. The van der Waals surface area contributed by atoms with Crippen LogP contribution in [0.15, 0.2) is 0 Å². The van der Waals surface area contributed by atoms with Crippen molar-refractivity contribution in [2.24, 2.45) is 0 Å². The van der Waals surface area contributed by atoms with E-state index < -0.39 is 0 Å². The van der Waals surface area contributed by atoms with Gasteiger partial charge >= 0.3 is 5.97 Å². The Morgan fingerprint density at radius 2 is 1.87 bits per heavy atom. The van der Waals surface area contributed by atoms with Gasteiger partial charge in [-0.2, -0.15) is 0 Å². The van der Waals surface area contributed by atoms with Crippen LogP contribution in [0.4, 0.5) is 0 Å². The van der Waals surface area contributed by atoms with Crippen LogP contribution >= 0.6 is 0 Å². The van der Waals surface area contributed by atoms with E-state index in [2.05, 4.69) is 6.92 Å². The quantitative estimate of drug-likeness (QED) is 0.461. The maximum atomic E-state index is 11.4. The number of ketones is 1. The smallest absolute Gasteiger partial charge is 0.302 e. The number of rotatable bonds is 8. The third-order valence-corrected chi connectivity index (χ3v) is 2.26. The molecule has 0 aliphatic carbocycles. The molecule has 0 aromatic rings. The lowest BCUT2D eigenvalue weighted by atomic mass is 10.1. The first-order valence-electron chi connectivity index (χ1n) is 5.75. The lowest BCUT2D eigenvalue weighted by Crippen LogP contribution is -2.13. The molecule has 0 spiro atoms. The van der Waals surface area contributed by atoms with Gasteiger partial charge in [0.2, 0.25) is 0 Å². The first-order chi connectivity index (χ1) is 7.06. The van der Waals surface area contributed by atoms with Crippen LogP contribution in [0.5, 0.6) is 0 Å².